The van der Waals surface area contributed by atoms with E-state index in [1.165, 1.54) is 0 Å². The van der Waals surface area contributed by atoms with Crippen LogP contribution in [-0.4, -0.2) is 33.7 Å². The summed E-state index contributed by atoms with van der Waals surface area (Å²) in [6.07, 6.45) is 1.76. The molecule has 136 valence electrons. The van der Waals surface area contributed by atoms with Gasteiger partial charge in [-0.15, -0.1) is 0 Å². The zero-order valence-electron chi connectivity index (χ0n) is 14.9. The molecule has 2 aromatic carbocycles. The van der Waals surface area contributed by atoms with Crippen LogP contribution in [0.2, 0.25) is 5.28 Å². The molecule has 27 heavy (non-hydrogen) atoms. The van der Waals surface area contributed by atoms with E-state index < -0.39 is 0 Å². The predicted octanol–water partition coefficient (Wildman–Crippen LogP) is 4.21. The summed E-state index contributed by atoms with van der Waals surface area (Å²) < 4.78 is 12.4. The van der Waals surface area contributed by atoms with E-state index in [2.05, 4.69) is 15.0 Å². The molecule has 0 amide bonds. The van der Waals surface area contributed by atoms with Crippen LogP contribution in [0.5, 0.6) is 11.5 Å². The van der Waals surface area contributed by atoms with Crippen LogP contribution >= 0.6 is 11.6 Å². The molecular weight excluding hydrogens is 364 g/mol. The molecule has 0 unspecified atom stereocenters. The van der Waals surface area contributed by atoms with Crippen molar-refractivity contribution >= 4 is 22.8 Å². The lowest BCUT2D eigenvalue weighted by Crippen LogP contribution is -2.00. The van der Waals surface area contributed by atoms with Crippen LogP contribution in [0.25, 0.3) is 22.4 Å². The number of nitrogens with zero attached hydrogens (tertiary/aromatic N) is 4. The highest BCUT2D eigenvalue weighted by Gasteiger charge is 2.14. The Kier molecular flexibility index (Phi) is 4.64. The summed E-state index contributed by atoms with van der Waals surface area (Å²) in [6, 6.07) is 15.5. The van der Waals surface area contributed by atoms with Crippen LogP contribution in [0.4, 0.5) is 0 Å². The molecule has 0 spiro atoms. The van der Waals surface area contributed by atoms with Gasteiger partial charge >= 0.3 is 0 Å². The molecule has 7 heteroatoms. The number of rotatable bonds is 5. The summed E-state index contributed by atoms with van der Waals surface area (Å²) >= 11 is 6.20. The highest BCUT2D eigenvalue weighted by atomic mass is 35.5. The first-order chi connectivity index (χ1) is 13.2. The minimum Gasteiger partial charge on any atom is -0.497 e. The summed E-state index contributed by atoms with van der Waals surface area (Å²) in [5.74, 6) is 1.60. The van der Waals surface area contributed by atoms with Crippen molar-refractivity contribution in [3.05, 3.63) is 65.7 Å². The van der Waals surface area contributed by atoms with Crippen molar-refractivity contribution in [2.75, 3.05) is 14.2 Å². The Balaban J connectivity index is 1.74. The Morgan fingerprint density at radius 1 is 0.889 bits per heavy atom. The van der Waals surface area contributed by atoms with E-state index in [-0.39, 0.29) is 5.28 Å². The van der Waals surface area contributed by atoms with Crippen molar-refractivity contribution in [2.24, 2.45) is 0 Å². The second kappa shape index (κ2) is 7.25. The Morgan fingerprint density at radius 2 is 1.52 bits per heavy atom. The highest BCUT2D eigenvalue weighted by Crippen LogP contribution is 2.28. The van der Waals surface area contributed by atoms with Gasteiger partial charge in [-0.3, -0.25) is 0 Å². The van der Waals surface area contributed by atoms with Crippen LogP contribution in [0.1, 0.15) is 5.56 Å². The molecule has 0 saturated heterocycles. The zero-order chi connectivity index (χ0) is 18.8. The van der Waals surface area contributed by atoms with Gasteiger partial charge in [0.25, 0.3) is 0 Å². The van der Waals surface area contributed by atoms with Gasteiger partial charge in [-0.05, 0) is 53.6 Å². The van der Waals surface area contributed by atoms with Gasteiger partial charge in [-0.1, -0.05) is 12.1 Å². The maximum atomic E-state index is 6.20. The van der Waals surface area contributed by atoms with Crippen LogP contribution < -0.4 is 9.47 Å². The zero-order valence-corrected chi connectivity index (χ0v) is 15.6. The maximum Gasteiger partial charge on any atom is 0.225 e. The van der Waals surface area contributed by atoms with Gasteiger partial charge in [-0.25, -0.2) is 9.97 Å². The van der Waals surface area contributed by atoms with E-state index in [0.717, 1.165) is 22.6 Å². The molecular formula is C20H17ClN4O2. The molecule has 0 atom stereocenters. The maximum absolute atomic E-state index is 6.20. The molecule has 2 aromatic heterocycles. The van der Waals surface area contributed by atoms with E-state index in [1.54, 1.807) is 20.5 Å². The molecule has 0 saturated carbocycles. The standard InChI is InChI=1S/C20H17ClN4O2/c1-26-15-7-3-13(4-8-15)11-25-12-22-18-17(23-20(21)24-19(18)25)14-5-9-16(27-2)10-6-14/h3-10,12H,11H2,1-2H3. The summed E-state index contributed by atoms with van der Waals surface area (Å²) in [7, 11) is 3.29. The third-order valence-electron chi connectivity index (χ3n) is 4.31. The SMILES string of the molecule is COc1ccc(Cn2cnc3c(-c4ccc(OC)cc4)nc(Cl)nc32)cc1. The van der Waals surface area contributed by atoms with Gasteiger partial charge < -0.3 is 14.0 Å². The second-order valence-electron chi connectivity index (χ2n) is 5.96. The largest absolute Gasteiger partial charge is 0.497 e. The summed E-state index contributed by atoms with van der Waals surface area (Å²) in [6.45, 7) is 0.621. The Bertz CT molecular complexity index is 1080. The first kappa shape index (κ1) is 17.3. The number of ether oxygens (including phenoxy) is 2. The van der Waals surface area contributed by atoms with Crippen molar-refractivity contribution in [3.63, 3.8) is 0 Å². The highest BCUT2D eigenvalue weighted by molar-refractivity contribution is 6.28. The number of hydrogen-bond donors (Lipinski definition) is 0. The van der Waals surface area contributed by atoms with Crippen LogP contribution in [0.15, 0.2) is 54.9 Å². The van der Waals surface area contributed by atoms with Crippen LogP contribution in [0.3, 0.4) is 0 Å². The minimum absolute atomic E-state index is 0.185. The number of fused-ring (bicyclic) bond motifs is 1. The fourth-order valence-electron chi connectivity index (χ4n) is 2.91. The second-order valence-corrected chi connectivity index (χ2v) is 6.30. The molecule has 6 nitrogen and oxygen atoms in total. The van der Waals surface area contributed by atoms with E-state index in [1.807, 2.05) is 53.1 Å². The average molecular weight is 381 g/mol. The van der Waals surface area contributed by atoms with Crippen molar-refractivity contribution in [3.8, 4) is 22.8 Å². The first-order valence-electron chi connectivity index (χ1n) is 8.33. The van der Waals surface area contributed by atoms with Gasteiger partial charge in [0.1, 0.15) is 22.7 Å². The van der Waals surface area contributed by atoms with Crippen molar-refractivity contribution < 1.29 is 9.47 Å². The van der Waals surface area contributed by atoms with Gasteiger partial charge in [-0.2, -0.15) is 4.98 Å². The Labute approximate surface area is 161 Å². The molecule has 0 N–H and O–H groups in total. The average Bonchev–Trinajstić information content (AvgIpc) is 3.10. The lowest BCUT2D eigenvalue weighted by atomic mass is 10.1. The predicted molar refractivity (Wildman–Crippen MR) is 104 cm³/mol. The van der Waals surface area contributed by atoms with Gasteiger partial charge in [0.05, 0.1) is 27.1 Å². The molecule has 0 fully saturated rings. The molecule has 2 heterocycles. The van der Waals surface area contributed by atoms with Gasteiger partial charge in [0.15, 0.2) is 5.65 Å². The molecule has 4 rings (SSSR count). The Morgan fingerprint density at radius 3 is 2.15 bits per heavy atom. The van der Waals surface area contributed by atoms with Crippen LogP contribution in [-0.2, 0) is 6.54 Å². The molecule has 4 aromatic rings. The van der Waals surface area contributed by atoms with Gasteiger partial charge in [0.2, 0.25) is 5.28 Å². The van der Waals surface area contributed by atoms with E-state index in [9.17, 15) is 0 Å². The first-order valence-corrected chi connectivity index (χ1v) is 8.71. The van der Waals surface area contributed by atoms with E-state index in [4.69, 9.17) is 21.1 Å². The summed E-state index contributed by atoms with van der Waals surface area (Å²) in [5.41, 5.74) is 4.10. The molecule has 0 aliphatic rings. The number of methoxy groups -OCH3 is 2. The van der Waals surface area contributed by atoms with E-state index in [0.29, 0.717) is 23.4 Å². The fraction of sp³-hybridized carbons (Fsp3) is 0.150. The normalized spacial score (nSPS) is 10.9. The molecule has 0 aliphatic heterocycles. The summed E-state index contributed by atoms with van der Waals surface area (Å²) in [4.78, 5) is 13.3. The monoisotopic (exact) mass is 380 g/mol. The van der Waals surface area contributed by atoms with Crippen LogP contribution in [0, 0.1) is 0 Å². The van der Waals surface area contributed by atoms with Crippen molar-refractivity contribution in [1.82, 2.24) is 19.5 Å². The third-order valence-corrected chi connectivity index (χ3v) is 4.48. The smallest absolute Gasteiger partial charge is 0.225 e. The molecule has 0 aliphatic carbocycles. The quantitative estimate of drug-likeness (QED) is 0.485. The van der Waals surface area contributed by atoms with Crippen molar-refractivity contribution in [2.45, 2.75) is 6.54 Å². The lowest BCUT2D eigenvalue weighted by molar-refractivity contribution is 0.414. The Hall–Kier alpha value is -3.12. The number of hydrogen-bond acceptors (Lipinski definition) is 5. The summed E-state index contributed by atoms with van der Waals surface area (Å²) in [5, 5.41) is 0.185. The number of imidazole rings is 1. The lowest BCUT2D eigenvalue weighted by Gasteiger charge is -2.07. The topological polar surface area (TPSA) is 62.1 Å². The third kappa shape index (κ3) is 3.44. The van der Waals surface area contributed by atoms with Crippen molar-refractivity contribution in [1.29, 1.82) is 0 Å². The van der Waals surface area contributed by atoms with Gasteiger partial charge in [0, 0.05) is 5.56 Å². The molecule has 0 bridgehead atoms. The molecule has 0 radical (unpaired) electrons. The number of benzene rings is 2. The number of halogens is 1. The number of aromatic nitrogens is 4. The van der Waals surface area contributed by atoms with E-state index >= 15 is 0 Å². The minimum atomic E-state index is 0.185. The fourth-order valence-corrected chi connectivity index (χ4v) is 3.08.